The molecule has 0 aromatic heterocycles. The fourth-order valence-electron chi connectivity index (χ4n) is 1.67. The number of alkyl halides is 1. The van der Waals surface area contributed by atoms with Gasteiger partial charge < -0.3 is 4.74 Å². The van der Waals surface area contributed by atoms with E-state index in [2.05, 4.69) is 0 Å². The zero-order valence-electron chi connectivity index (χ0n) is 9.66. The van der Waals surface area contributed by atoms with Gasteiger partial charge in [-0.05, 0) is 29.3 Å². The SMILES string of the molecule is COc1ccc(C(Cl)c2cccc(F)c2Cl)cc1. The topological polar surface area (TPSA) is 9.23 Å². The van der Waals surface area contributed by atoms with Crippen LogP contribution in [0.1, 0.15) is 16.5 Å². The second-order valence-corrected chi connectivity index (χ2v) is 4.59. The Morgan fingerprint density at radius 3 is 2.39 bits per heavy atom. The van der Waals surface area contributed by atoms with Crippen molar-refractivity contribution in [3.8, 4) is 5.75 Å². The third-order valence-corrected chi connectivity index (χ3v) is 3.55. The Morgan fingerprint density at radius 1 is 1.11 bits per heavy atom. The lowest BCUT2D eigenvalue weighted by Gasteiger charge is -2.13. The molecule has 0 saturated heterocycles. The molecule has 1 nitrogen and oxygen atoms in total. The predicted molar refractivity (Wildman–Crippen MR) is 72.1 cm³/mol. The maximum absolute atomic E-state index is 13.4. The first kappa shape index (κ1) is 13.2. The molecule has 0 spiro atoms. The van der Waals surface area contributed by atoms with Crippen molar-refractivity contribution < 1.29 is 9.13 Å². The van der Waals surface area contributed by atoms with Gasteiger partial charge in [0.2, 0.25) is 0 Å². The van der Waals surface area contributed by atoms with E-state index in [9.17, 15) is 4.39 Å². The normalized spacial score (nSPS) is 12.2. The van der Waals surface area contributed by atoms with Crippen LogP contribution >= 0.6 is 23.2 Å². The quantitative estimate of drug-likeness (QED) is 0.735. The highest BCUT2D eigenvalue weighted by molar-refractivity contribution is 6.33. The third kappa shape index (κ3) is 2.60. The molecule has 0 heterocycles. The van der Waals surface area contributed by atoms with Crippen LogP contribution in [0.2, 0.25) is 5.02 Å². The minimum Gasteiger partial charge on any atom is -0.497 e. The van der Waals surface area contributed by atoms with Crippen molar-refractivity contribution in [3.63, 3.8) is 0 Å². The maximum Gasteiger partial charge on any atom is 0.142 e. The lowest BCUT2D eigenvalue weighted by atomic mass is 10.0. The van der Waals surface area contributed by atoms with Crippen molar-refractivity contribution in [3.05, 3.63) is 64.4 Å². The lowest BCUT2D eigenvalue weighted by molar-refractivity contribution is 0.414. The summed E-state index contributed by atoms with van der Waals surface area (Å²) in [4.78, 5) is 0. The van der Waals surface area contributed by atoms with Crippen molar-refractivity contribution in [2.24, 2.45) is 0 Å². The van der Waals surface area contributed by atoms with Gasteiger partial charge in [0.25, 0.3) is 0 Å². The van der Waals surface area contributed by atoms with Gasteiger partial charge in [-0.15, -0.1) is 11.6 Å². The summed E-state index contributed by atoms with van der Waals surface area (Å²) in [5.74, 6) is 0.279. The monoisotopic (exact) mass is 284 g/mol. The Labute approximate surface area is 115 Å². The summed E-state index contributed by atoms with van der Waals surface area (Å²) >= 11 is 12.2. The lowest BCUT2D eigenvalue weighted by Crippen LogP contribution is -1.96. The van der Waals surface area contributed by atoms with E-state index in [1.807, 2.05) is 12.1 Å². The fraction of sp³-hybridized carbons (Fsp3) is 0.143. The van der Waals surface area contributed by atoms with Crippen molar-refractivity contribution in [1.82, 2.24) is 0 Å². The molecule has 2 aromatic carbocycles. The molecule has 1 atom stereocenters. The predicted octanol–water partition coefficient (Wildman–Crippen LogP) is 4.82. The minimum atomic E-state index is -0.487. The van der Waals surface area contributed by atoms with E-state index >= 15 is 0 Å². The molecule has 1 unspecified atom stereocenters. The van der Waals surface area contributed by atoms with E-state index in [1.165, 1.54) is 6.07 Å². The summed E-state index contributed by atoms with van der Waals surface area (Å²) in [5.41, 5.74) is 1.40. The van der Waals surface area contributed by atoms with Crippen molar-refractivity contribution in [1.29, 1.82) is 0 Å². The zero-order valence-corrected chi connectivity index (χ0v) is 11.2. The summed E-state index contributed by atoms with van der Waals surface area (Å²) in [6.45, 7) is 0. The van der Waals surface area contributed by atoms with E-state index in [0.717, 1.165) is 11.3 Å². The van der Waals surface area contributed by atoms with Crippen LogP contribution in [0, 0.1) is 5.82 Å². The fourth-order valence-corrected chi connectivity index (χ4v) is 2.29. The molecule has 18 heavy (non-hydrogen) atoms. The summed E-state index contributed by atoms with van der Waals surface area (Å²) in [6.07, 6.45) is 0. The Bertz CT molecular complexity index is 540. The number of rotatable bonds is 3. The van der Waals surface area contributed by atoms with Gasteiger partial charge in [0.05, 0.1) is 17.5 Å². The van der Waals surface area contributed by atoms with Crippen LogP contribution in [-0.4, -0.2) is 7.11 Å². The van der Waals surface area contributed by atoms with Crippen LogP contribution in [0.3, 0.4) is 0 Å². The van der Waals surface area contributed by atoms with Crippen molar-refractivity contribution in [2.45, 2.75) is 5.38 Å². The Kier molecular flexibility index (Phi) is 4.10. The molecule has 0 N–H and O–H groups in total. The highest BCUT2D eigenvalue weighted by Gasteiger charge is 2.16. The molecule has 2 rings (SSSR count). The number of halogens is 3. The Morgan fingerprint density at radius 2 is 1.78 bits per heavy atom. The largest absolute Gasteiger partial charge is 0.497 e. The van der Waals surface area contributed by atoms with E-state index in [-0.39, 0.29) is 5.02 Å². The minimum absolute atomic E-state index is 0.0633. The van der Waals surface area contributed by atoms with Crippen molar-refractivity contribution >= 4 is 23.2 Å². The van der Waals surface area contributed by atoms with Gasteiger partial charge in [0.1, 0.15) is 11.6 Å². The first-order valence-electron chi connectivity index (χ1n) is 5.35. The van der Waals surface area contributed by atoms with Crippen LogP contribution in [0.15, 0.2) is 42.5 Å². The zero-order chi connectivity index (χ0) is 13.1. The molecular weight excluding hydrogens is 274 g/mol. The smallest absolute Gasteiger partial charge is 0.142 e. The molecule has 0 fully saturated rings. The molecule has 0 aliphatic carbocycles. The van der Waals surface area contributed by atoms with Crippen LogP contribution in [-0.2, 0) is 0 Å². The van der Waals surface area contributed by atoms with Gasteiger partial charge >= 0.3 is 0 Å². The van der Waals surface area contributed by atoms with Crippen molar-refractivity contribution in [2.75, 3.05) is 7.11 Å². The summed E-state index contributed by atoms with van der Waals surface area (Å²) in [5, 5.41) is -0.424. The average Bonchev–Trinajstić information content (AvgIpc) is 2.41. The molecule has 94 valence electrons. The molecule has 0 bridgehead atoms. The highest BCUT2D eigenvalue weighted by Crippen LogP contribution is 2.35. The first-order valence-corrected chi connectivity index (χ1v) is 6.17. The summed E-state index contributed by atoms with van der Waals surface area (Å²) in [6, 6.07) is 11.9. The molecule has 0 amide bonds. The van der Waals surface area contributed by atoms with E-state index < -0.39 is 11.2 Å². The number of hydrogen-bond donors (Lipinski definition) is 0. The van der Waals surface area contributed by atoms with Crippen LogP contribution < -0.4 is 4.74 Å². The molecule has 0 aliphatic rings. The van der Waals surface area contributed by atoms with Crippen LogP contribution in [0.25, 0.3) is 0 Å². The highest BCUT2D eigenvalue weighted by atomic mass is 35.5. The Hall–Kier alpha value is -1.25. The summed E-state index contributed by atoms with van der Waals surface area (Å²) in [7, 11) is 1.59. The van der Waals surface area contributed by atoms with Gasteiger partial charge in [-0.3, -0.25) is 0 Å². The number of hydrogen-bond acceptors (Lipinski definition) is 1. The van der Waals surface area contributed by atoms with E-state index in [4.69, 9.17) is 27.9 Å². The molecule has 4 heteroatoms. The summed E-state index contributed by atoms with van der Waals surface area (Å²) < 4.78 is 18.4. The third-order valence-electron chi connectivity index (χ3n) is 2.66. The second kappa shape index (κ2) is 5.59. The molecule has 0 saturated carbocycles. The maximum atomic E-state index is 13.4. The molecule has 2 aromatic rings. The van der Waals surface area contributed by atoms with Crippen LogP contribution in [0.4, 0.5) is 4.39 Å². The average molecular weight is 285 g/mol. The second-order valence-electron chi connectivity index (χ2n) is 3.78. The standard InChI is InChI=1S/C14H11Cl2FO/c1-18-10-7-5-9(6-8-10)13(15)11-3-2-4-12(17)14(11)16/h2-8,13H,1H3. The van der Waals surface area contributed by atoms with Gasteiger partial charge in [0, 0.05) is 0 Å². The van der Waals surface area contributed by atoms with Crippen LogP contribution in [0.5, 0.6) is 5.75 Å². The number of methoxy groups -OCH3 is 1. The molecule has 0 radical (unpaired) electrons. The molecule has 0 aliphatic heterocycles. The van der Waals surface area contributed by atoms with E-state index in [1.54, 1.807) is 31.4 Å². The number of benzene rings is 2. The number of ether oxygens (including phenoxy) is 1. The first-order chi connectivity index (χ1) is 8.63. The van der Waals surface area contributed by atoms with Gasteiger partial charge in [-0.2, -0.15) is 0 Å². The van der Waals surface area contributed by atoms with Gasteiger partial charge in [0.15, 0.2) is 0 Å². The van der Waals surface area contributed by atoms with E-state index in [0.29, 0.717) is 5.56 Å². The molecular formula is C14H11Cl2FO. The van der Waals surface area contributed by atoms with Gasteiger partial charge in [-0.25, -0.2) is 4.39 Å². The Balaban J connectivity index is 2.35. The van der Waals surface area contributed by atoms with Gasteiger partial charge in [-0.1, -0.05) is 35.9 Å².